The third kappa shape index (κ3) is 3.10. The molecule has 0 unspecified atom stereocenters. The molecule has 3 nitrogen and oxygen atoms in total. The molecule has 0 radical (unpaired) electrons. The molecular formula is C12H8BrFN2O. The van der Waals surface area contributed by atoms with Crippen molar-refractivity contribution in [3.8, 4) is 0 Å². The maximum atomic E-state index is 13.1. The number of carbonyl (C=O) groups is 1. The molecule has 1 aromatic carbocycles. The van der Waals surface area contributed by atoms with Gasteiger partial charge in [0.1, 0.15) is 11.6 Å². The highest BCUT2D eigenvalue weighted by Crippen LogP contribution is 2.15. The summed E-state index contributed by atoms with van der Waals surface area (Å²) >= 11 is 3.13. The van der Waals surface area contributed by atoms with Crippen molar-refractivity contribution in [2.24, 2.45) is 0 Å². The molecule has 1 amide bonds. The minimum atomic E-state index is -0.467. The number of hydrogen-bond donors (Lipinski definition) is 1. The molecule has 0 aliphatic carbocycles. The predicted octanol–water partition coefficient (Wildman–Crippen LogP) is 3.24. The first kappa shape index (κ1) is 11.7. The summed E-state index contributed by atoms with van der Waals surface area (Å²) < 4.78 is 13.6. The van der Waals surface area contributed by atoms with Crippen molar-refractivity contribution in [1.29, 1.82) is 0 Å². The monoisotopic (exact) mass is 294 g/mol. The van der Waals surface area contributed by atoms with Crippen LogP contribution < -0.4 is 5.32 Å². The Morgan fingerprint density at radius 1 is 1.29 bits per heavy atom. The van der Waals surface area contributed by atoms with Gasteiger partial charge in [0, 0.05) is 16.2 Å². The van der Waals surface area contributed by atoms with Gasteiger partial charge >= 0.3 is 0 Å². The number of aromatic nitrogens is 1. The van der Waals surface area contributed by atoms with E-state index in [9.17, 15) is 9.18 Å². The number of halogens is 2. The van der Waals surface area contributed by atoms with Gasteiger partial charge in [-0.05, 0) is 30.3 Å². The van der Waals surface area contributed by atoms with E-state index in [-0.39, 0.29) is 5.56 Å². The van der Waals surface area contributed by atoms with Crippen LogP contribution in [-0.2, 0) is 0 Å². The van der Waals surface area contributed by atoms with Gasteiger partial charge in [0.15, 0.2) is 0 Å². The van der Waals surface area contributed by atoms with E-state index >= 15 is 0 Å². The fourth-order valence-corrected chi connectivity index (χ4v) is 1.78. The van der Waals surface area contributed by atoms with E-state index in [2.05, 4.69) is 26.2 Å². The summed E-state index contributed by atoms with van der Waals surface area (Å²) in [6.45, 7) is 0. The molecule has 0 saturated carbocycles. The van der Waals surface area contributed by atoms with Gasteiger partial charge in [-0.15, -0.1) is 0 Å². The molecule has 2 rings (SSSR count). The number of anilines is 1. The van der Waals surface area contributed by atoms with E-state index < -0.39 is 11.7 Å². The van der Waals surface area contributed by atoms with Crippen molar-refractivity contribution in [2.45, 2.75) is 0 Å². The molecule has 1 aromatic heterocycles. The van der Waals surface area contributed by atoms with Crippen LogP contribution in [0.5, 0.6) is 0 Å². The zero-order valence-corrected chi connectivity index (χ0v) is 10.2. The Bertz CT molecular complexity index is 525. The van der Waals surface area contributed by atoms with Gasteiger partial charge in [0.05, 0.1) is 0 Å². The summed E-state index contributed by atoms with van der Waals surface area (Å²) in [6, 6.07) is 9.16. The van der Waals surface area contributed by atoms with Crippen molar-refractivity contribution in [3.63, 3.8) is 0 Å². The number of hydrogen-bond acceptors (Lipinski definition) is 2. The van der Waals surface area contributed by atoms with Crippen LogP contribution in [0.4, 0.5) is 10.2 Å². The van der Waals surface area contributed by atoms with E-state index in [4.69, 9.17) is 0 Å². The molecule has 1 heterocycles. The Morgan fingerprint density at radius 2 is 2.12 bits per heavy atom. The average Bonchev–Trinajstić information content (AvgIpc) is 2.29. The molecule has 2 aromatic rings. The lowest BCUT2D eigenvalue weighted by atomic mass is 10.2. The maximum Gasteiger partial charge on any atom is 0.256 e. The minimum absolute atomic E-state index is 0.238. The van der Waals surface area contributed by atoms with Crippen LogP contribution in [0.15, 0.2) is 47.1 Å². The zero-order chi connectivity index (χ0) is 12.3. The Labute approximate surface area is 106 Å². The van der Waals surface area contributed by atoms with Crippen molar-refractivity contribution in [1.82, 2.24) is 4.98 Å². The van der Waals surface area contributed by atoms with E-state index in [1.54, 1.807) is 30.5 Å². The van der Waals surface area contributed by atoms with E-state index in [1.165, 1.54) is 12.1 Å². The normalized spacial score (nSPS) is 10.0. The summed E-state index contributed by atoms with van der Waals surface area (Å²) in [7, 11) is 0. The van der Waals surface area contributed by atoms with Crippen molar-refractivity contribution < 1.29 is 9.18 Å². The van der Waals surface area contributed by atoms with Crippen LogP contribution in [0.2, 0.25) is 0 Å². The first-order valence-electron chi connectivity index (χ1n) is 4.83. The van der Waals surface area contributed by atoms with Crippen LogP contribution in [-0.4, -0.2) is 10.9 Å². The number of nitrogens with zero attached hydrogens (tertiary/aromatic N) is 1. The molecule has 0 bridgehead atoms. The highest BCUT2D eigenvalue weighted by molar-refractivity contribution is 9.10. The maximum absolute atomic E-state index is 13.1. The topological polar surface area (TPSA) is 42.0 Å². The molecule has 1 N–H and O–H groups in total. The molecule has 0 aliphatic rings. The smallest absolute Gasteiger partial charge is 0.256 e. The number of carbonyl (C=O) groups excluding carboxylic acids is 1. The van der Waals surface area contributed by atoms with E-state index in [0.29, 0.717) is 10.3 Å². The molecule has 17 heavy (non-hydrogen) atoms. The van der Waals surface area contributed by atoms with Gasteiger partial charge in [0.2, 0.25) is 0 Å². The van der Waals surface area contributed by atoms with Gasteiger partial charge < -0.3 is 5.32 Å². The summed E-state index contributed by atoms with van der Waals surface area (Å²) in [5.74, 6) is -0.438. The molecule has 0 saturated heterocycles. The second-order valence-electron chi connectivity index (χ2n) is 3.33. The third-order valence-corrected chi connectivity index (χ3v) is 2.49. The van der Waals surface area contributed by atoms with E-state index in [1.807, 2.05) is 0 Å². The standard InChI is InChI=1S/C12H8BrFN2O/c13-9-5-8(6-10(14)7-9)12(17)16-11-3-1-2-4-15-11/h1-7H,(H,15,16,17). The van der Waals surface area contributed by atoms with Gasteiger partial charge in [-0.2, -0.15) is 0 Å². The second-order valence-corrected chi connectivity index (χ2v) is 4.24. The van der Waals surface area contributed by atoms with Crippen LogP contribution in [0.3, 0.4) is 0 Å². The molecule has 0 spiro atoms. The van der Waals surface area contributed by atoms with Crippen LogP contribution in [0, 0.1) is 5.82 Å². The Balaban J connectivity index is 2.20. The molecule has 0 atom stereocenters. The second kappa shape index (κ2) is 5.05. The van der Waals surface area contributed by atoms with Gasteiger partial charge in [-0.1, -0.05) is 22.0 Å². The van der Waals surface area contributed by atoms with Gasteiger partial charge in [-0.3, -0.25) is 4.79 Å². The summed E-state index contributed by atoms with van der Waals surface area (Å²) in [6.07, 6.45) is 1.57. The van der Waals surface area contributed by atoms with Gasteiger partial charge in [-0.25, -0.2) is 9.37 Å². The molecular weight excluding hydrogens is 287 g/mol. The number of rotatable bonds is 2. The summed E-state index contributed by atoms with van der Waals surface area (Å²) in [5, 5.41) is 2.58. The minimum Gasteiger partial charge on any atom is -0.307 e. The van der Waals surface area contributed by atoms with Crippen LogP contribution in [0.25, 0.3) is 0 Å². The SMILES string of the molecule is O=C(Nc1ccccn1)c1cc(F)cc(Br)c1. The quantitative estimate of drug-likeness (QED) is 0.924. The first-order chi connectivity index (χ1) is 8.15. The molecule has 0 aliphatic heterocycles. The van der Waals surface area contributed by atoms with Gasteiger partial charge in [0.25, 0.3) is 5.91 Å². The third-order valence-electron chi connectivity index (χ3n) is 2.03. The molecule has 5 heteroatoms. The molecule has 0 fully saturated rings. The largest absolute Gasteiger partial charge is 0.307 e. The Kier molecular flexibility index (Phi) is 3.49. The molecule has 86 valence electrons. The van der Waals surface area contributed by atoms with Crippen molar-refractivity contribution in [3.05, 3.63) is 58.4 Å². The highest BCUT2D eigenvalue weighted by atomic mass is 79.9. The number of pyridine rings is 1. The Hall–Kier alpha value is -1.75. The van der Waals surface area contributed by atoms with Crippen LogP contribution >= 0.6 is 15.9 Å². The summed E-state index contributed by atoms with van der Waals surface area (Å²) in [5.41, 5.74) is 0.238. The van der Waals surface area contributed by atoms with Crippen molar-refractivity contribution >= 4 is 27.7 Å². The lowest BCUT2D eigenvalue weighted by Gasteiger charge is -2.04. The average molecular weight is 295 g/mol. The van der Waals surface area contributed by atoms with Crippen LogP contribution in [0.1, 0.15) is 10.4 Å². The van der Waals surface area contributed by atoms with Crippen molar-refractivity contribution in [2.75, 3.05) is 5.32 Å². The number of nitrogens with one attached hydrogen (secondary N) is 1. The summed E-state index contributed by atoms with van der Waals surface area (Å²) in [4.78, 5) is 15.7. The zero-order valence-electron chi connectivity index (χ0n) is 8.65. The highest BCUT2D eigenvalue weighted by Gasteiger charge is 2.08. The lowest BCUT2D eigenvalue weighted by molar-refractivity contribution is 0.102. The fourth-order valence-electron chi connectivity index (χ4n) is 1.31. The fraction of sp³-hybridized carbons (Fsp3) is 0. The lowest BCUT2D eigenvalue weighted by Crippen LogP contribution is -2.13. The number of amides is 1. The Morgan fingerprint density at radius 3 is 2.76 bits per heavy atom. The van der Waals surface area contributed by atoms with E-state index in [0.717, 1.165) is 0 Å². The predicted molar refractivity (Wildman–Crippen MR) is 66.3 cm³/mol. The first-order valence-corrected chi connectivity index (χ1v) is 5.63. The number of benzene rings is 1.